The molecule has 8 heteroatoms. The number of ether oxygens (including phenoxy) is 2. The van der Waals surface area contributed by atoms with Gasteiger partial charge in [-0.3, -0.25) is 9.58 Å². The number of aromatic nitrogens is 2. The van der Waals surface area contributed by atoms with Crippen molar-refractivity contribution in [2.75, 3.05) is 26.3 Å². The molecule has 0 aliphatic carbocycles. The Labute approximate surface area is 211 Å². The van der Waals surface area contributed by atoms with Gasteiger partial charge in [0.05, 0.1) is 22.3 Å². The smallest absolute Gasteiger partial charge is 0.121 e. The van der Waals surface area contributed by atoms with Crippen LogP contribution in [0.4, 0.5) is 0 Å². The molecular weight excluding hydrogens is 473 g/mol. The molecule has 4 rings (SSSR count). The minimum atomic E-state index is -0.838. The fourth-order valence-electron chi connectivity index (χ4n) is 4.01. The standard InChI is InChI=1S/C26H31Cl2N3O3/c1-20-9-13-31(29-20)12-2-16-33-22-5-3-21(4-6-22)18-30-14-10-26(32,11-15-30)19-34-23-7-8-24(27)25(28)17-23/h3-9,13,17,32H,2,10-12,14-16,18-19H2,1H3. The molecule has 1 aromatic heterocycles. The van der Waals surface area contributed by atoms with E-state index < -0.39 is 5.60 Å². The first-order valence-electron chi connectivity index (χ1n) is 11.6. The zero-order valence-corrected chi connectivity index (χ0v) is 20.9. The third-order valence-electron chi connectivity index (χ3n) is 6.09. The average Bonchev–Trinajstić information content (AvgIpc) is 3.25. The van der Waals surface area contributed by atoms with Crippen LogP contribution in [-0.4, -0.2) is 51.7 Å². The highest BCUT2D eigenvalue weighted by Gasteiger charge is 2.33. The summed E-state index contributed by atoms with van der Waals surface area (Å²) in [4.78, 5) is 2.36. The monoisotopic (exact) mass is 503 g/mol. The van der Waals surface area contributed by atoms with E-state index in [0.717, 1.165) is 44.0 Å². The van der Waals surface area contributed by atoms with Crippen molar-refractivity contribution in [1.29, 1.82) is 0 Å². The molecule has 1 fully saturated rings. The Bertz CT molecular complexity index is 1060. The van der Waals surface area contributed by atoms with Crippen LogP contribution in [-0.2, 0) is 13.1 Å². The fraction of sp³-hybridized carbons (Fsp3) is 0.423. The number of piperidine rings is 1. The van der Waals surface area contributed by atoms with Crippen molar-refractivity contribution in [3.63, 3.8) is 0 Å². The maximum atomic E-state index is 10.9. The molecule has 0 amide bonds. The summed E-state index contributed by atoms with van der Waals surface area (Å²) >= 11 is 12.0. The van der Waals surface area contributed by atoms with Gasteiger partial charge in [0.1, 0.15) is 23.7 Å². The maximum Gasteiger partial charge on any atom is 0.121 e. The molecule has 34 heavy (non-hydrogen) atoms. The van der Waals surface area contributed by atoms with E-state index in [9.17, 15) is 5.11 Å². The highest BCUT2D eigenvalue weighted by Crippen LogP contribution is 2.29. The maximum absolute atomic E-state index is 10.9. The van der Waals surface area contributed by atoms with Gasteiger partial charge >= 0.3 is 0 Å². The molecule has 182 valence electrons. The second-order valence-corrected chi connectivity index (χ2v) is 9.75. The van der Waals surface area contributed by atoms with E-state index in [0.29, 0.717) is 35.2 Å². The number of nitrogens with zero attached hydrogens (tertiary/aromatic N) is 3. The average molecular weight is 504 g/mol. The number of benzene rings is 2. The van der Waals surface area contributed by atoms with Crippen molar-refractivity contribution in [3.8, 4) is 11.5 Å². The second kappa shape index (κ2) is 11.5. The predicted octanol–water partition coefficient (Wildman–Crippen LogP) is 5.37. The van der Waals surface area contributed by atoms with Crippen LogP contribution in [0, 0.1) is 6.92 Å². The van der Waals surface area contributed by atoms with Gasteiger partial charge in [0.25, 0.3) is 0 Å². The predicted molar refractivity (Wildman–Crippen MR) is 135 cm³/mol. The number of hydrogen-bond acceptors (Lipinski definition) is 5. The van der Waals surface area contributed by atoms with Crippen molar-refractivity contribution in [3.05, 3.63) is 76.0 Å². The van der Waals surface area contributed by atoms with E-state index in [1.54, 1.807) is 18.2 Å². The normalized spacial score (nSPS) is 15.9. The number of aryl methyl sites for hydroxylation is 2. The fourth-order valence-corrected chi connectivity index (χ4v) is 4.30. The SMILES string of the molecule is Cc1ccn(CCCOc2ccc(CN3CCC(O)(COc4ccc(Cl)c(Cl)c4)CC3)cc2)n1. The molecule has 1 aliphatic heterocycles. The Morgan fingerprint density at radius 1 is 0.971 bits per heavy atom. The van der Waals surface area contributed by atoms with Gasteiger partial charge in [-0.15, -0.1) is 0 Å². The van der Waals surface area contributed by atoms with Crippen molar-refractivity contribution < 1.29 is 14.6 Å². The van der Waals surface area contributed by atoms with Crippen LogP contribution in [0.15, 0.2) is 54.7 Å². The van der Waals surface area contributed by atoms with Crippen LogP contribution in [0.2, 0.25) is 10.0 Å². The van der Waals surface area contributed by atoms with Crippen LogP contribution in [0.1, 0.15) is 30.5 Å². The van der Waals surface area contributed by atoms with Gasteiger partial charge < -0.3 is 14.6 Å². The van der Waals surface area contributed by atoms with E-state index >= 15 is 0 Å². The van der Waals surface area contributed by atoms with Crippen LogP contribution in [0.25, 0.3) is 0 Å². The zero-order valence-electron chi connectivity index (χ0n) is 19.4. The molecule has 2 heterocycles. The van der Waals surface area contributed by atoms with Crippen molar-refractivity contribution in [1.82, 2.24) is 14.7 Å². The lowest BCUT2D eigenvalue weighted by atomic mass is 9.92. The lowest BCUT2D eigenvalue weighted by Gasteiger charge is -2.38. The first kappa shape index (κ1) is 24.9. The van der Waals surface area contributed by atoms with Gasteiger partial charge in [-0.1, -0.05) is 35.3 Å². The van der Waals surface area contributed by atoms with E-state index in [1.807, 2.05) is 36.0 Å². The Kier molecular flexibility index (Phi) is 8.37. The lowest BCUT2D eigenvalue weighted by Crippen LogP contribution is -2.47. The van der Waals surface area contributed by atoms with Crippen molar-refractivity contribution >= 4 is 23.2 Å². The van der Waals surface area contributed by atoms with Crippen LogP contribution >= 0.6 is 23.2 Å². The molecule has 0 unspecified atom stereocenters. The quantitative estimate of drug-likeness (QED) is 0.376. The molecule has 1 aliphatic rings. The highest BCUT2D eigenvalue weighted by atomic mass is 35.5. The zero-order chi connectivity index (χ0) is 24.0. The first-order chi connectivity index (χ1) is 16.4. The van der Waals surface area contributed by atoms with Gasteiger partial charge in [0, 0.05) is 44.9 Å². The molecule has 0 radical (unpaired) electrons. The molecule has 6 nitrogen and oxygen atoms in total. The summed E-state index contributed by atoms with van der Waals surface area (Å²) in [6.45, 7) is 6.22. The number of aliphatic hydroxyl groups is 1. The second-order valence-electron chi connectivity index (χ2n) is 8.93. The summed E-state index contributed by atoms with van der Waals surface area (Å²) in [6.07, 6.45) is 4.22. The number of likely N-dealkylation sites (tertiary alicyclic amines) is 1. The molecule has 0 atom stereocenters. The third-order valence-corrected chi connectivity index (χ3v) is 6.83. The van der Waals surface area contributed by atoms with Crippen LogP contribution in [0.3, 0.4) is 0 Å². The van der Waals surface area contributed by atoms with Gasteiger partial charge in [-0.05, 0) is 55.7 Å². The summed E-state index contributed by atoms with van der Waals surface area (Å²) in [7, 11) is 0. The first-order valence-corrected chi connectivity index (χ1v) is 12.4. The Hall–Kier alpha value is -2.25. The number of hydrogen-bond donors (Lipinski definition) is 1. The van der Waals surface area contributed by atoms with Gasteiger partial charge in [-0.2, -0.15) is 5.10 Å². The molecule has 0 saturated carbocycles. The van der Waals surface area contributed by atoms with Crippen molar-refractivity contribution in [2.24, 2.45) is 0 Å². The van der Waals surface area contributed by atoms with Gasteiger partial charge in [0.15, 0.2) is 0 Å². The summed E-state index contributed by atoms with van der Waals surface area (Å²) in [6, 6.07) is 15.4. The number of rotatable bonds is 10. The molecule has 1 saturated heterocycles. The van der Waals surface area contributed by atoms with Gasteiger partial charge in [0.2, 0.25) is 0 Å². The third kappa shape index (κ3) is 7.12. The summed E-state index contributed by atoms with van der Waals surface area (Å²) in [5.74, 6) is 1.50. The molecule has 0 spiro atoms. The van der Waals surface area contributed by atoms with Crippen LogP contribution < -0.4 is 9.47 Å². The minimum absolute atomic E-state index is 0.241. The highest BCUT2D eigenvalue weighted by molar-refractivity contribution is 6.42. The molecule has 0 bridgehead atoms. The molecule has 3 aromatic rings. The molecule has 1 N–H and O–H groups in total. The van der Waals surface area contributed by atoms with E-state index in [1.165, 1.54) is 5.56 Å². The summed E-state index contributed by atoms with van der Waals surface area (Å²) in [5, 5.41) is 16.2. The minimum Gasteiger partial charge on any atom is -0.494 e. The van der Waals surface area contributed by atoms with Gasteiger partial charge in [-0.25, -0.2) is 0 Å². The summed E-state index contributed by atoms with van der Waals surface area (Å²) in [5.41, 5.74) is 1.43. The largest absolute Gasteiger partial charge is 0.494 e. The summed E-state index contributed by atoms with van der Waals surface area (Å²) < 4.78 is 13.6. The Morgan fingerprint density at radius 2 is 1.71 bits per heavy atom. The van der Waals surface area contributed by atoms with E-state index in [-0.39, 0.29) is 6.61 Å². The van der Waals surface area contributed by atoms with Crippen LogP contribution in [0.5, 0.6) is 11.5 Å². The topological polar surface area (TPSA) is 59.8 Å². The van der Waals surface area contributed by atoms with E-state index in [4.69, 9.17) is 32.7 Å². The lowest BCUT2D eigenvalue weighted by molar-refractivity contribution is -0.0537. The van der Waals surface area contributed by atoms with E-state index in [2.05, 4.69) is 22.1 Å². The molecular formula is C26H31Cl2N3O3. The Morgan fingerprint density at radius 3 is 2.38 bits per heavy atom. The number of halogens is 2. The van der Waals surface area contributed by atoms with Crippen molar-refractivity contribution in [2.45, 2.75) is 44.9 Å². The Balaban J connectivity index is 1.16. The molecule has 2 aromatic carbocycles.